The van der Waals surface area contributed by atoms with Gasteiger partial charge in [0.05, 0.1) is 12.7 Å². The Hall–Kier alpha value is -0.690. The summed E-state index contributed by atoms with van der Waals surface area (Å²) in [5.74, 6) is -0.200. The van der Waals surface area contributed by atoms with Gasteiger partial charge < -0.3 is 14.9 Å². The number of carbonyl (C=O) groups is 1. The first-order valence-corrected chi connectivity index (χ1v) is 8.48. The molecule has 4 atom stereocenters. The number of carbonyl (C=O) groups excluding carboxylic acids is 1. The Kier molecular flexibility index (Phi) is 9.63. The summed E-state index contributed by atoms with van der Waals surface area (Å²) in [6.07, 6.45) is 5.26. The summed E-state index contributed by atoms with van der Waals surface area (Å²) in [4.78, 5) is 16.8. The first kappa shape index (κ1) is 19.4. The fourth-order valence-corrected chi connectivity index (χ4v) is 2.48. The van der Waals surface area contributed by atoms with Crippen LogP contribution in [0.4, 0.5) is 0 Å². The van der Waals surface area contributed by atoms with Gasteiger partial charge in [-0.25, -0.2) is 5.48 Å². The molecule has 1 rings (SSSR count). The van der Waals surface area contributed by atoms with Crippen LogP contribution < -0.4 is 5.48 Å². The van der Waals surface area contributed by atoms with E-state index in [0.717, 1.165) is 19.3 Å². The van der Waals surface area contributed by atoms with Gasteiger partial charge in [-0.15, -0.1) is 0 Å². The highest BCUT2D eigenvalue weighted by molar-refractivity contribution is 5.74. The number of ether oxygens (including phenoxy) is 1. The molecule has 0 aliphatic carbocycles. The Bertz CT molecular complexity index is 313. The minimum atomic E-state index is -1.05. The number of rotatable bonds is 10. The van der Waals surface area contributed by atoms with E-state index in [-0.39, 0.29) is 12.5 Å². The Morgan fingerprint density at radius 3 is 2.45 bits per heavy atom. The van der Waals surface area contributed by atoms with E-state index >= 15 is 0 Å². The van der Waals surface area contributed by atoms with E-state index in [4.69, 9.17) is 9.57 Å². The second-order valence-electron chi connectivity index (χ2n) is 6.07. The molecule has 130 valence electrons. The third-order valence-corrected chi connectivity index (χ3v) is 4.07. The zero-order valence-corrected chi connectivity index (χ0v) is 13.8. The topological polar surface area (TPSA) is 88.0 Å². The monoisotopic (exact) mass is 317 g/mol. The van der Waals surface area contributed by atoms with Gasteiger partial charge in [-0.2, -0.15) is 0 Å². The van der Waals surface area contributed by atoms with Crippen molar-refractivity contribution in [1.29, 1.82) is 0 Å². The zero-order chi connectivity index (χ0) is 16.4. The summed E-state index contributed by atoms with van der Waals surface area (Å²) < 4.78 is 5.26. The van der Waals surface area contributed by atoms with E-state index in [9.17, 15) is 15.0 Å². The van der Waals surface area contributed by atoms with Crippen molar-refractivity contribution in [3.8, 4) is 0 Å². The summed E-state index contributed by atoms with van der Waals surface area (Å²) in [7, 11) is 0. The van der Waals surface area contributed by atoms with Gasteiger partial charge in [0.25, 0.3) is 0 Å². The molecule has 6 nitrogen and oxygen atoms in total. The smallest absolute Gasteiger partial charge is 0.243 e. The number of aliphatic hydroxyl groups is 2. The van der Waals surface area contributed by atoms with Gasteiger partial charge in [-0.05, 0) is 13.3 Å². The Morgan fingerprint density at radius 2 is 1.77 bits per heavy atom. The number of unbranched alkanes of at least 4 members (excludes halogenated alkanes) is 6. The molecule has 1 saturated heterocycles. The highest BCUT2D eigenvalue weighted by Crippen LogP contribution is 2.17. The molecule has 6 heteroatoms. The molecule has 1 aliphatic rings. The van der Waals surface area contributed by atoms with Crippen molar-refractivity contribution in [2.75, 3.05) is 6.61 Å². The van der Waals surface area contributed by atoms with E-state index < -0.39 is 24.4 Å². The predicted octanol–water partition coefficient (Wildman–Crippen LogP) is 1.68. The molecule has 0 saturated carbocycles. The van der Waals surface area contributed by atoms with E-state index in [1.807, 2.05) is 0 Å². The van der Waals surface area contributed by atoms with Crippen LogP contribution in [0.3, 0.4) is 0 Å². The minimum Gasteiger partial charge on any atom is -0.388 e. The maximum atomic E-state index is 11.7. The zero-order valence-electron chi connectivity index (χ0n) is 13.8. The van der Waals surface area contributed by atoms with Crippen LogP contribution in [0.2, 0.25) is 0 Å². The van der Waals surface area contributed by atoms with E-state index in [2.05, 4.69) is 12.4 Å². The van der Waals surface area contributed by atoms with Crippen LogP contribution in [0.15, 0.2) is 0 Å². The molecule has 1 aliphatic heterocycles. The van der Waals surface area contributed by atoms with Crippen LogP contribution in [0.5, 0.6) is 0 Å². The summed E-state index contributed by atoms with van der Waals surface area (Å²) in [5.41, 5.74) is 2.34. The molecule has 3 N–H and O–H groups in total. The van der Waals surface area contributed by atoms with Crippen molar-refractivity contribution >= 4 is 5.91 Å². The van der Waals surface area contributed by atoms with E-state index in [1.54, 1.807) is 6.92 Å². The second kappa shape index (κ2) is 10.9. The van der Waals surface area contributed by atoms with Crippen molar-refractivity contribution in [2.24, 2.45) is 0 Å². The van der Waals surface area contributed by atoms with E-state index in [0.29, 0.717) is 6.42 Å². The normalized spacial score (nSPS) is 28.5. The maximum Gasteiger partial charge on any atom is 0.243 e. The van der Waals surface area contributed by atoms with Crippen LogP contribution in [0.25, 0.3) is 0 Å². The molecule has 0 aromatic heterocycles. The molecule has 0 radical (unpaired) electrons. The van der Waals surface area contributed by atoms with Gasteiger partial charge >= 0.3 is 0 Å². The summed E-state index contributed by atoms with van der Waals surface area (Å²) in [5, 5.41) is 19.5. The minimum absolute atomic E-state index is 0.150. The van der Waals surface area contributed by atoms with Crippen molar-refractivity contribution in [3.05, 3.63) is 0 Å². The molecule has 0 spiro atoms. The SMILES string of the molecule is CCCCCCCCCC(=O)NO[C@H]1CO[C@H](C)[C@H](O)[C@@H]1O. The molecule has 22 heavy (non-hydrogen) atoms. The number of hydrogen-bond donors (Lipinski definition) is 3. The van der Waals surface area contributed by atoms with Crippen LogP contribution in [-0.2, 0) is 14.4 Å². The van der Waals surface area contributed by atoms with Gasteiger partial charge in [0.1, 0.15) is 18.3 Å². The first-order valence-electron chi connectivity index (χ1n) is 8.48. The lowest BCUT2D eigenvalue weighted by Gasteiger charge is -2.35. The van der Waals surface area contributed by atoms with Crippen molar-refractivity contribution < 1.29 is 24.6 Å². The summed E-state index contributed by atoms with van der Waals surface area (Å²) in [6.45, 7) is 4.03. The second-order valence-corrected chi connectivity index (χ2v) is 6.07. The lowest BCUT2D eigenvalue weighted by atomic mass is 10.0. The number of nitrogens with one attached hydrogen (secondary N) is 1. The largest absolute Gasteiger partial charge is 0.388 e. The number of aliphatic hydroxyl groups excluding tert-OH is 2. The summed E-state index contributed by atoms with van der Waals surface area (Å²) >= 11 is 0. The third-order valence-electron chi connectivity index (χ3n) is 4.07. The van der Waals surface area contributed by atoms with Gasteiger partial charge in [-0.3, -0.25) is 9.63 Å². The fraction of sp³-hybridized carbons (Fsp3) is 0.938. The van der Waals surface area contributed by atoms with Crippen LogP contribution >= 0.6 is 0 Å². The number of amides is 1. The van der Waals surface area contributed by atoms with Crippen molar-refractivity contribution in [1.82, 2.24) is 5.48 Å². The Morgan fingerprint density at radius 1 is 1.14 bits per heavy atom. The highest BCUT2D eigenvalue weighted by atomic mass is 16.7. The van der Waals surface area contributed by atoms with Gasteiger partial charge in [0.15, 0.2) is 0 Å². The standard InChI is InChI=1S/C16H31NO5/c1-3-4-5-6-7-8-9-10-14(18)17-22-13-11-21-12(2)15(19)16(13)20/h12-13,15-16,19-20H,3-11H2,1-2H3,(H,17,18)/t12-,13+,15+,16-/m1/s1. The molecule has 1 amide bonds. The Balaban J connectivity index is 2.06. The molecule has 0 unspecified atom stereocenters. The number of hydrogen-bond acceptors (Lipinski definition) is 5. The average molecular weight is 317 g/mol. The molecule has 0 aromatic rings. The van der Waals surface area contributed by atoms with Crippen molar-refractivity contribution in [3.63, 3.8) is 0 Å². The van der Waals surface area contributed by atoms with E-state index in [1.165, 1.54) is 25.7 Å². The van der Waals surface area contributed by atoms with Crippen molar-refractivity contribution in [2.45, 2.75) is 89.6 Å². The van der Waals surface area contributed by atoms with Crippen LogP contribution in [-0.4, -0.2) is 47.1 Å². The summed E-state index contributed by atoms with van der Waals surface area (Å²) in [6, 6.07) is 0. The lowest BCUT2D eigenvalue weighted by molar-refractivity contribution is -0.213. The fourth-order valence-electron chi connectivity index (χ4n) is 2.48. The Labute approximate surface area is 133 Å². The molecule has 1 heterocycles. The lowest BCUT2D eigenvalue weighted by Crippen LogP contribution is -2.54. The molecule has 1 fully saturated rings. The molecule has 0 aromatic carbocycles. The molecular formula is C16H31NO5. The molecule has 0 bridgehead atoms. The average Bonchev–Trinajstić information content (AvgIpc) is 2.51. The number of hydroxylamine groups is 1. The molecular weight excluding hydrogens is 286 g/mol. The van der Waals surface area contributed by atoms with Gasteiger partial charge in [-0.1, -0.05) is 45.4 Å². The van der Waals surface area contributed by atoms with Crippen LogP contribution in [0.1, 0.15) is 65.2 Å². The maximum absolute atomic E-state index is 11.7. The van der Waals surface area contributed by atoms with Gasteiger partial charge in [0, 0.05) is 6.42 Å². The predicted molar refractivity (Wildman–Crippen MR) is 83.1 cm³/mol. The van der Waals surface area contributed by atoms with Crippen LogP contribution in [0, 0.1) is 0 Å². The highest BCUT2D eigenvalue weighted by Gasteiger charge is 2.37. The van der Waals surface area contributed by atoms with Gasteiger partial charge in [0.2, 0.25) is 5.91 Å². The quantitative estimate of drug-likeness (QED) is 0.421. The third kappa shape index (κ3) is 7.05. The first-order chi connectivity index (χ1) is 10.6.